The Morgan fingerprint density at radius 3 is 2.29 bits per heavy atom. The molecule has 1 heterocycles. The molecule has 1 amide bonds. The maximum atomic E-state index is 11.4. The third-order valence-electron chi connectivity index (χ3n) is 2.32. The summed E-state index contributed by atoms with van der Waals surface area (Å²) in [4.78, 5) is 12.7. The Bertz CT molecular complexity index is 594. The van der Waals surface area contributed by atoms with Gasteiger partial charge in [0.2, 0.25) is 5.91 Å². The summed E-state index contributed by atoms with van der Waals surface area (Å²) in [6, 6.07) is 6.39. The van der Waals surface area contributed by atoms with E-state index in [1.807, 2.05) is 0 Å². The molecule has 0 saturated carbocycles. The van der Waals surface area contributed by atoms with E-state index in [-0.39, 0.29) is 11.6 Å². The van der Waals surface area contributed by atoms with Crippen LogP contribution >= 0.6 is 0 Å². The van der Waals surface area contributed by atoms with Gasteiger partial charge in [0.05, 0.1) is 11.4 Å². The van der Waals surface area contributed by atoms with Gasteiger partial charge in [-0.1, -0.05) is 12.1 Å². The maximum Gasteiger partial charge on any atom is 0.363 e. The Balaban J connectivity index is 2.61. The highest BCUT2D eigenvalue weighted by atomic mass is 32.2. The monoisotopic (exact) mass is 254 g/mol. The first-order valence-corrected chi connectivity index (χ1v) is 6.15. The Kier molecular flexibility index (Phi) is 2.64. The van der Waals surface area contributed by atoms with Crippen LogP contribution in [0.15, 0.2) is 36.7 Å². The molecule has 1 N–H and O–H groups in total. The van der Waals surface area contributed by atoms with Crippen molar-refractivity contribution < 1.29 is 17.8 Å². The number of anilines is 2. The summed E-state index contributed by atoms with van der Waals surface area (Å²) in [6.45, 7) is 1.37. The summed E-state index contributed by atoms with van der Waals surface area (Å²) < 4.78 is 32.1. The lowest BCUT2D eigenvalue weighted by atomic mass is 10.2. The molecule has 0 radical (unpaired) electrons. The molecule has 0 saturated heterocycles. The quantitative estimate of drug-likeness (QED) is 0.762. The zero-order chi connectivity index (χ0) is 12.6. The Labute approximate surface area is 98.6 Å². The van der Waals surface area contributed by atoms with Crippen molar-refractivity contribution >= 4 is 27.6 Å². The average Bonchev–Trinajstić information content (AvgIpc) is 2.26. The van der Waals surface area contributed by atoms with E-state index in [0.29, 0.717) is 9.99 Å². The molecule has 90 valence electrons. The molecular formula is C10H10N2O4S. The van der Waals surface area contributed by atoms with Crippen LogP contribution in [-0.4, -0.2) is 18.9 Å². The van der Waals surface area contributed by atoms with Gasteiger partial charge in [0.15, 0.2) is 0 Å². The van der Waals surface area contributed by atoms with Crippen LogP contribution in [0, 0.1) is 0 Å². The van der Waals surface area contributed by atoms with E-state index in [0.717, 1.165) is 6.20 Å². The average molecular weight is 254 g/mol. The largest absolute Gasteiger partial charge is 0.363 e. The lowest BCUT2D eigenvalue weighted by molar-refractivity contribution is -0.116. The van der Waals surface area contributed by atoms with Crippen molar-refractivity contribution in [3.05, 3.63) is 36.7 Å². The normalized spacial score (nSPS) is 14.7. The summed E-state index contributed by atoms with van der Waals surface area (Å²) >= 11 is 0. The van der Waals surface area contributed by atoms with E-state index >= 15 is 0 Å². The minimum atomic E-state index is -4.38. The van der Waals surface area contributed by atoms with Crippen molar-refractivity contribution in [2.45, 2.75) is 6.92 Å². The topological polar surface area (TPSA) is 77.9 Å². The van der Waals surface area contributed by atoms with E-state index in [4.69, 9.17) is 4.55 Å². The Morgan fingerprint density at radius 2 is 1.76 bits per heavy atom. The number of carbonyl (C=O) groups excluding carboxylic acids is 1. The Hall–Kier alpha value is -1.86. The molecule has 0 fully saturated rings. The van der Waals surface area contributed by atoms with Gasteiger partial charge in [0, 0.05) is 19.3 Å². The molecule has 0 aromatic heterocycles. The lowest BCUT2D eigenvalue weighted by Crippen LogP contribution is -2.33. The number of nitrogens with zero attached hydrogens (tertiary/aromatic N) is 2. The van der Waals surface area contributed by atoms with Gasteiger partial charge in [0.25, 0.3) is 0 Å². The van der Waals surface area contributed by atoms with Crippen LogP contribution in [0.1, 0.15) is 6.92 Å². The van der Waals surface area contributed by atoms with Crippen LogP contribution in [0.2, 0.25) is 0 Å². The third kappa shape index (κ3) is 2.02. The predicted molar refractivity (Wildman–Crippen MR) is 62.8 cm³/mol. The molecule has 1 aromatic rings. The van der Waals surface area contributed by atoms with E-state index in [1.54, 1.807) is 18.2 Å². The molecule has 7 heteroatoms. The number of carbonyl (C=O) groups is 1. The summed E-state index contributed by atoms with van der Waals surface area (Å²) in [5.74, 6) is -0.247. The van der Waals surface area contributed by atoms with Crippen LogP contribution in [0.3, 0.4) is 0 Å². The van der Waals surface area contributed by atoms with E-state index in [2.05, 4.69) is 0 Å². The van der Waals surface area contributed by atoms with Gasteiger partial charge in [-0.05, 0) is 12.1 Å². The first-order chi connectivity index (χ1) is 7.91. The second-order valence-corrected chi connectivity index (χ2v) is 4.74. The zero-order valence-electron chi connectivity index (χ0n) is 8.94. The molecule has 0 atom stereocenters. The van der Waals surface area contributed by atoms with Gasteiger partial charge < -0.3 is 0 Å². The number of rotatable bonds is 1. The summed E-state index contributed by atoms with van der Waals surface area (Å²) in [5.41, 5.74) is 0.632. The molecule has 1 aliphatic heterocycles. The highest BCUT2D eigenvalue weighted by Crippen LogP contribution is 2.34. The van der Waals surface area contributed by atoms with E-state index < -0.39 is 10.3 Å². The summed E-state index contributed by atoms with van der Waals surface area (Å²) in [5, 5.41) is 0. The maximum absolute atomic E-state index is 11.4. The number of hydrogen-bond donors (Lipinski definition) is 1. The van der Waals surface area contributed by atoms with Crippen LogP contribution in [0.5, 0.6) is 0 Å². The molecule has 0 spiro atoms. The zero-order valence-corrected chi connectivity index (χ0v) is 9.76. The number of para-hydroxylation sites is 2. The molecule has 1 aromatic carbocycles. The van der Waals surface area contributed by atoms with Gasteiger partial charge in [-0.15, -0.1) is 0 Å². The minimum absolute atomic E-state index is 0.229. The first-order valence-electron chi connectivity index (χ1n) is 4.75. The highest BCUT2D eigenvalue weighted by Gasteiger charge is 2.26. The van der Waals surface area contributed by atoms with E-state index in [9.17, 15) is 13.2 Å². The number of fused-ring (bicyclic) bond motifs is 1. The van der Waals surface area contributed by atoms with Gasteiger partial charge in [-0.25, -0.2) is 4.31 Å². The van der Waals surface area contributed by atoms with Crippen molar-refractivity contribution in [2.24, 2.45) is 0 Å². The SMILES string of the molecule is CC(=O)N1C=CN(S(=O)(=O)O)c2ccccc21. The van der Waals surface area contributed by atoms with Crippen LogP contribution in [0.4, 0.5) is 11.4 Å². The molecular weight excluding hydrogens is 244 g/mol. The smallest absolute Gasteiger partial charge is 0.284 e. The molecule has 0 aliphatic carbocycles. The van der Waals surface area contributed by atoms with Gasteiger partial charge >= 0.3 is 10.3 Å². The fourth-order valence-electron chi connectivity index (χ4n) is 1.62. The van der Waals surface area contributed by atoms with Gasteiger partial charge in [-0.3, -0.25) is 14.2 Å². The second-order valence-electron chi connectivity index (χ2n) is 3.45. The van der Waals surface area contributed by atoms with Crippen molar-refractivity contribution in [2.75, 3.05) is 9.21 Å². The summed E-state index contributed by atoms with van der Waals surface area (Å²) in [6.07, 6.45) is 2.41. The van der Waals surface area contributed by atoms with Crippen molar-refractivity contribution in [1.82, 2.24) is 0 Å². The molecule has 0 bridgehead atoms. The first kappa shape index (κ1) is 11.6. The summed E-state index contributed by atoms with van der Waals surface area (Å²) in [7, 11) is -4.38. The highest BCUT2D eigenvalue weighted by molar-refractivity contribution is 7.87. The predicted octanol–water partition coefficient (Wildman–Crippen LogP) is 1.13. The van der Waals surface area contributed by atoms with Gasteiger partial charge in [0.1, 0.15) is 0 Å². The minimum Gasteiger partial charge on any atom is -0.284 e. The van der Waals surface area contributed by atoms with Gasteiger partial charge in [-0.2, -0.15) is 8.42 Å². The lowest BCUT2D eigenvalue weighted by Gasteiger charge is -2.29. The fourth-order valence-corrected chi connectivity index (χ4v) is 2.23. The van der Waals surface area contributed by atoms with Crippen LogP contribution < -0.4 is 9.21 Å². The van der Waals surface area contributed by atoms with E-state index in [1.165, 1.54) is 24.1 Å². The van der Waals surface area contributed by atoms with Crippen molar-refractivity contribution in [3.8, 4) is 0 Å². The number of benzene rings is 1. The third-order valence-corrected chi connectivity index (χ3v) is 3.13. The molecule has 17 heavy (non-hydrogen) atoms. The molecule has 6 nitrogen and oxygen atoms in total. The molecule has 0 unspecified atom stereocenters. The van der Waals surface area contributed by atoms with Crippen LogP contribution in [0.25, 0.3) is 0 Å². The molecule has 2 rings (SSSR count). The number of hydrogen-bond acceptors (Lipinski definition) is 3. The standard InChI is InChI=1S/C10H10N2O4S/c1-8(13)11-6-7-12(17(14,15)16)10-5-3-2-4-9(10)11/h2-7H,1H3,(H,14,15,16). The second kappa shape index (κ2) is 3.86. The molecule has 1 aliphatic rings. The van der Waals surface area contributed by atoms with Crippen LogP contribution in [-0.2, 0) is 15.1 Å². The fraction of sp³-hybridized carbons (Fsp3) is 0.100. The Morgan fingerprint density at radius 1 is 1.18 bits per heavy atom. The van der Waals surface area contributed by atoms with Crippen molar-refractivity contribution in [3.63, 3.8) is 0 Å². The number of amides is 1. The van der Waals surface area contributed by atoms with Crippen molar-refractivity contribution in [1.29, 1.82) is 0 Å².